The molecule has 32 heavy (non-hydrogen) atoms. The van der Waals surface area contributed by atoms with E-state index in [4.69, 9.17) is 11.5 Å². The van der Waals surface area contributed by atoms with Crippen molar-refractivity contribution in [3.8, 4) is 0 Å². The summed E-state index contributed by atoms with van der Waals surface area (Å²) in [5.74, 6) is -3.64. The highest BCUT2D eigenvalue weighted by molar-refractivity contribution is 7.92. The van der Waals surface area contributed by atoms with Gasteiger partial charge in [0, 0.05) is 18.8 Å². The number of aliphatic imine (C=N–C) groups is 1. The van der Waals surface area contributed by atoms with E-state index in [0.717, 1.165) is 12.2 Å². The lowest BCUT2D eigenvalue weighted by atomic mass is 10.0. The van der Waals surface area contributed by atoms with Crippen LogP contribution in [0.3, 0.4) is 0 Å². The Morgan fingerprint density at radius 3 is 2.72 bits per heavy atom. The average molecular weight is 460 g/mol. The summed E-state index contributed by atoms with van der Waals surface area (Å²) in [6.07, 6.45) is 4.86. The number of β-lactam (4-membered cyclic amide) rings is 1. The van der Waals surface area contributed by atoms with Crippen LogP contribution in [0.1, 0.15) is 5.69 Å². The van der Waals surface area contributed by atoms with Crippen molar-refractivity contribution >= 4 is 39.7 Å². The third kappa shape index (κ3) is 4.67. The SMILES string of the molecule is NC(N)=NCCNC(=O)/C=C/C1=C(C(=O)O)N2C(=O)/C(=C/c3ccccn3)[C@H]2S(=O)(=O)C1. The van der Waals surface area contributed by atoms with Crippen LogP contribution in [0.5, 0.6) is 0 Å². The molecule has 1 aromatic rings. The number of fused-ring (bicyclic) bond motifs is 1. The van der Waals surface area contributed by atoms with Crippen LogP contribution in [0.4, 0.5) is 0 Å². The smallest absolute Gasteiger partial charge is 0.352 e. The number of pyridine rings is 1. The molecule has 2 aliphatic rings. The molecule has 0 bridgehead atoms. The predicted molar refractivity (Wildman–Crippen MR) is 114 cm³/mol. The first kappa shape index (κ1) is 22.7. The Morgan fingerprint density at radius 2 is 2.09 bits per heavy atom. The van der Waals surface area contributed by atoms with Crippen molar-refractivity contribution in [2.75, 3.05) is 18.8 Å². The van der Waals surface area contributed by atoms with E-state index < -0.39 is 44.4 Å². The largest absolute Gasteiger partial charge is 0.477 e. The predicted octanol–water partition coefficient (Wildman–Crippen LogP) is -1.65. The van der Waals surface area contributed by atoms with Crippen LogP contribution in [-0.2, 0) is 24.2 Å². The summed E-state index contributed by atoms with van der Waals surface area (Å²) >= 11 is 0. The Morgan fingerprint density at radius 1 is 1.34 bits per heavy atom. The highest BCUT2D eigenvalue weighted by Gasteiger charge is 2.56. The number of guanidine groups is 1. The van der Waals surface area contributed by atoms with E-state index in [1.165, 1.54) is 12.3 Å². The molecule has 0 aromatic carbocycles. The number of rotatable bonds is 7. The number of aliphatic carboxylic acids is 1. The molecule has 0 spiro atoms. The standard InChI is InChI=1S/C19H20N6O6S/c20-19(21)24-8-7-23-14(26)5-4-11-10-32(30,31)17-13(9-12-3-1-2-6-22-12)16(27)25(17)15(11)18(28)29/h1-6,9,17H,7-8,10H2,(H,23,26)(H,28,29)(H4,20,21,24)/b5-4+,13-9-/t17-/m1/s1. The van der Waals surface area contributed by atoms with E-state index in [-0.39, 0.29) is 30.2 Å². The number of carboxylic acid groups (broad SMARTS) is 1. The molecule has 3 rings (SSSR count). The third-order valence-corrected chi connectivity index (χ3v) is 6.40. The Balaban J connectivity index is 1.86. The molecule has 1 aromatic heterocycles. The van der Waals surface area contributed by atoms with Crippen LogP contribution in [-0.4, -0.2) is 71.4 Å². The summed E-state index contributed by atoms with van der Waals surface area (Å²) in [5.41, 5.74) is 9.98. The van der Waals surface area contributed by atoms with Gasteiger partial charge in [-0.05, 0) is 23.8 Å². The van der Waals surface area contributed by atoms with Gasteiger partial charge in [0.25, 0.3) is 5.91 Å². The Bertz CT molecular complexity index is 1180. The number of allylic oxidation sites excluding steroid dienone is 1. The zero-order chi connectivity index (χ0) is 23.5. The lowest BCUT2D eigenvalue weighted by molar-refractivity contribution is -0.141. The van der Waals surface area contributed by atoms with Crippen molar-refractivity contribution in [3.05, 3.63) is 59.1 Å². The van der Waals surface area contributed by atoms with Gasteiger partial charge in [-0.25, -0.2) is 13.2 Å². The van der Waals surface area contributed by atoms with Crippen molar-refractivity contribution in [2.24, 2.45) is 16.5 Å². The van der Waals surface area contributed by atoms with Gasteiger partial charge < -0.3 is 21.9 Å². The van der Waals surface area contributed by atoms with E-state index >= 15 is 0 Å². The highest BCUT2D eigenvalue weighted by Crippen LogP contribution is 2.41. The van der Waals surface area contributed by atoms with Gasteiger partial charge in [-0.2, -0.15) is 0 Å². The minimum absolute atomic E-state index is 0.0667. The fraction of sp³-hybridized carbons (Fsp3) is 0.211. The fourth-order valence-corrected chi connectivity index (χ4v) is 5.14. The van der Waals surface area contributed by atoms with E-state index in [1.54, 1.807) is 18.2 Å². The second-order valence-electron chi connectivity index (χ2n) is 6.80. The molecule has 1 saturated heterocycles. The number of nitrogens with two attached hydrogens (primary N) is 2. The first-order valence-corrected chi connectivity index (χ1v) is 11.0. The molecule has 168 valence electrons. The lowest BCUT2D eigenvalue weighted by Gasteiger charge is -2.45. The Kier molecular flexibility index (Phi) is 6.39. The first-order chi connectivity index (χ1) is 15.1. The molecular weight excluding hydrogens is 440 g/mol. The number of amides is 2. The second kappa shape index (κ2) is 9.01. The van der Waals surface area contributed by atoms with Crippen molar-refractivity contribution in [1.82, 2.24) is 15.2 Å². The quantitative estimate of drug-likeness (QED) is 0.121. The average Bonchev–Trinajstić information content (AvgIpc) is 2.73. The number of hydrogen-bond acceptors (Lipinski definition) is 7. The van der Waals surface area contributed by atoms with Crippen molar-refractivity contribution < 1.29 is 27.9 Å². The minimum Gasteiger partial charge on any atom is -0.477 e. The monoisotopic (exact) mass is 460 g/mol. The molecule has 1 atom stereocenters. The van der Waals surface area contributed by atoms with Crippen molar-refractivity contribution in [3.63, 3.8) is 0 Å². The summed E-state index contributed by atoms with van der Waals surface area (Å²) in [6, 6.07) is 4.92. The van der Waals surface area contributed by atoms with Crippen LogP contribution in [0.2, 0.25) is 0 Å². The summed E-state index contributed by atoms with van der Waals surface area (Å²) in [5, 5.41) is 10.7. The van der Waals surface area contributed by atoms with E-state index in [0.29, 0.717) is 10.6 Å². The second-order valence-corrected chi connectivity index (χ2v) is 8.86. The van der Waals surface area contributed by atoms with Gasteiger partial charge in [-0.15, -0.1) is 0 Å². The molecule has 6 N–H and O–H groups in total. The van der Waals surface area contributed by atoms with Gasteiger partial charge in [0.1, 0.15) is 5.70 Å². The summed E-state index contributed by atoms with van der Waals surface area (Å²) in [7, 11) is -3.96. The summed E-state index contributed by atoms with van der Waals surface area (Å²) in [4.78, 5) is 44.8. The molecule has 2 amide bonds. The lowest BCUT2D eigenvalue weighted by Crippen LogP contribution is -2.62. The number of carboxylic acids is 1. The molecule has 0 unspecified atom stereocenters. The van der Waals surface area contributed by atoms with E-state index in [9.17, 15) is 27.9 Å². The number of sulfone groups is 1. The Labute approximate surface area is 182 Å². The minimum atomic E-state index is -3.96. The van der Waals surface area contributed by atoms with Crippen LogP contribution in [0.15, 0.2) is 58.4 Å². The molecule has 12 nitrogen and oxygen atoms in total. The number of nitrogens with zero attached hydrogens (tertiary/aromatic N) is 3. The number of carbonyl (C=O) groups excluding carboxylic acids is 2. The maximum absolute atomic E-state index is 12.8. The molecule has 3 heterocycles. The van der Waals surface area contributed by atoms with Crippen LogP contribution in [0, 0.1) is 0 Å². The highest BCUT2D eigenvalue weighted by atomic mass is 32.2. The van der Waals surface area contributed by atoms with Crippen molar-refractivity contribution in [2.45, 2.75) is 5.37 Å². The van der Waals surface area contributed by atoms with Gasteiger partial charge in [-0.3, -0.25) is 24.5 Å². The van der Waals surface area contributed by atoms with Gasteiger partial charge in [-0.1, -0.05) is 12.1 Å². The van der Waals surface area contributed by atoms with Gasteiger partial charge in [0.2, 0.25) is 5.91 Å². The maximum atomic E-state index is 12.8. The fourth-order valence-electron chi connectivity index (χ4n) is 3.24. The molecule has 0 aliphatic carbocycles. The summed E-state index contributed by atoms with van der Waals surface area (Å²) in [6.45, 7) is 0.243. The van der Waals surface area contributed by atoms with Crippen LogP contribution >= 0.6 is 0 Å². The maximum Gasteiger partial charge on any atom is 0.352 e. The van der Waals surface area contributed by atoms with Crippen LogP contribution in [0.25, 0.3) is 6.08 Å². The molecular formula is C19H20N6O6S. The zero-order valence-electron chi connectivity index (χ0n) is 16.6. The van der Waals surface area contributed by atoms with Gasteiger partial charge in [0.15, 0.2) is 21.2 Å². The topological polar surface area (TPSA) is 198 Å². The number of hydrogen-bond donors (Lipinski definition) is 4. The zero-order valence-corrected chi connectivity index (χ0v) is 17.4. The number of nitrogens with one attached hydrogen (secondary N) is 1. The first-order valence-electron chi connectivity index (χ1n) is 9.27. The Hall–Kier alpha value is -4.00. The number of aromatic nitrogens is 1. The molecule has 1 fully saturated rings. The van der Waals surface area contributed by atoms with Gasteiger partial charge in [0.05, 0.1) is 23.6 Å². The molecule has 0 saturated carbocycles. The van der Waals surface area contributed by atoms with E-state index in [1.807, 2.05) is 0 Å². The summed E-state index contributed by atoms with van der Waals surface area (Å²) < 4.78 is 25.7. The normalized spacial score (nSPS) is 20.6. The van der Waals surface area contributed by atoms with Gasteiger partial charge >= 0.3 is 5.97 Å². The third-order valence-electron chi connectivity index (χ3n) is 4.54. The van der Waals surface area contributed by atoms with E-state index in [2.05, 4.69) is 15.3 Å². The van der Waals surface area contributed by atoms with Crippen molar-refractivity contribution in [1.29, 1.82) is 0 Å². The number of carbonyl (C=O) groups is 3. The molecule has 0 radical (unpaired) electrons. The molecule has 13 heteroatoms. The van der Waals surface area contributed by atoms with Crippen LogP contribution < -0.4 is 16.8 Å². The molecule has 2 aliphatic heterocycles.